The second kappa shape index (κ2) is 5.74. The first-order chi connectivity index (χ1) is 6.79. The molecule has 0 radical (unpaired) electrons. The van der Waals surface area contributed by atoms with Gasteiger partial charge in [-0.3, -0.25) is 0 Å². The zero-order valence-corrected chi connectivity index (χ0v) is 9.40. The summed E-state index contributed by atoms with van der Waals surface area (Å²) in [4.78, 5) is 1.16. The van der Waals surface area contributed by atoms with Gasteiger partial charge >= 0.3 is 0 Å². The van der Waals surface area contributed by atoms with Gasteiger partial charge in [0.1, 0.15) is 0 Å². The van der Waals surface area contributed by atoms with Crippen LogP contribution in [-0.4, -0.2) is 16.1 Å². The quantitative estimate of drug-likeness (QED) is 0.753. The zero-order chi connectivity index (χ0) is 10.4. The molecular formula is C10H15N3S. The highest BCUT2D eigenvalue weighted by Gasteiger charge is 2.14. The van der Waals surface area contributed by atoms with Gasteiger partial charge in [-0.15, -0.1) is 17.4 Å². The first-order valence-corrected chi connectivity index (χ1v) is 5.52. The molecule has 4 heteroatoms. The minimum atomic E-state index is 0.222. The zero-order valence-electron chi connectivity index (χ0n) is 8.58. The lowest BCUT2D eigenvalue weighted by atomic mass is 10.1. The van der Waals surface area contributed by atoms with Crippen molar-refractivity contribution >= 4 is 11.5 Å². The van der Waals surface area contributed by atoms with Crippen LogP contribution in [0.2, 0.25) is 0 Å². The molecule has 0 aliphatic rings. The lowest BCUT2D eigenvalue weighted by Crippen LogP contribution is -2.21. The molecule has 3 nitrogen and oxygen atoms in total. The molecule has 1 aromatic heterocycles. The smallest absolute Gasteiger partial charge is 0.0773 e. The van der Waals surface area contributed by atoms with Crippen LogP contribution in [0.15, 0.2) is 0 Å². The van der Waals surface area contributed by atoms with Crippen LogP contribution in [0.5, 0.6) is 0 Å². The van der Waals surface area contributed by atoms with Crippen LogP contribution in [0.1, 0.15) is 36.4 Å². The summed E-state index contributed by atoms with van der Waals surface area (Å²) in [5.74, 6) is 2.68. The van der Waals surface area contributed by atoms with E-state index in [-0.39, 0.29) is 6.04 Å². The first-order valence-electron chi connectivity index (χ1n) is 4.75. The number of terminal acetylenes is 1. The van der Waals surface area contributed by atoms with Crippen molar-refractivity contribution in [1.82, 2.24) is 14.9 Å². The van der Waals surface area contributed by atoms with Gasteiger partial charge in [-0.2, -0.15) is 0 Å². The molecule has 0 amide bonds. The van der Waals surface area contributed by atoms with Crippen molar-refractivity contribution in [2.75, 3.05) is 6.54 Å². The van der Waals surface area contributed by atoms with E-state index >= 15 is 0 Å². The van der Waals surface area contributed by atoms with E-state index in [0.29, 0.717) is 6.42 Å². The van der Waals surface area contributed by atoms with E-state index in [1.165, 1.54) is 11.5 Å². The fourth-order valence-electron chi connectivity index (χ4n) is 1.25. The van der Waals surface area contributed by atoms with Gasteiger partial charge < -0.3 is 5.32 Å². The Bertz CT molecular complexity index is 313. The number of hydrogen-bond donors (Lipinski definition) is 1. The normalized spacial score (nSPS) is 12.4. The van der Waals surface area contributed by atoms with E-state index in [0.717, 1.165) is 23.5 Å². The standard InChI is InChI=1S/C10H15N3S/c1-4-6-9(11-7-5-2)10-8(3)12-13-14-10/h1,9,11H,5-7H2,2-3H3. The van der Waals surface area contributed by atoms with Gasteiger partial charge in [0.2, 0.25) is 0 Å². The number of aryl methyl sites for hydroxylation is 1. The molecule has 0 aromatic carbocycles. The Kier molecular flexibility index (Phi) is 4.57. The third-order valence-corrected chi connectivity index (χ3v) is 2.91. The van der Waals surface area contributed by atoms with E-state index in [2.05, 4.69) is 27.7 Å². The van der Waals surface area contributed by atoms with Crippen molar-refractivity contribution < 1.29 is 0 Å². The van der Waals surface area contributed by atoms with Crippen molar-refractivity contribution in [3.8, 4) is 12.3 Å². The number of hydrogen-bond acceptors (Lipinski definition) is 4. The number of aromatic nitrogens is 2. The number of nitrogens with zero attached hydrogens (tertiary/aromatic N) is 2. The Morgan fingerprint density at radius 2 is 2.43 bits per heavy atom. The predicted molar refractivity (Wildman–Crippen MR) is 59.1 cm³/mol. The minimum Gasteiger partial charge on any atom is -0.308 e. The topological polar surface area (TPSA) is 37.8 Å². The van der Waals surface area contributed by atoms with Crippen molar-refractivity contribution in [3.05, 3.63) is 10.6 Å². The molecule has 1 heterocycles. The maximum Gasteiger partial charge on any atom is 0.0773 e. The molecule has 1 atom stereocenters. The molecule has 76 valence electrons. The number of rotatable bonds is 5. The molecule has 0 aliphatic heterocycles. The maximum absolute atomic E-state index is 5.33. The summed E-state index contributed by atoms with van der Waals surface area (Å²) in [6.07, 6.45) is 7.13. The average Bonchev–Trinajstić information content (AvgIpc) is 2.59. The Morgan fingerprint density at radius 3 is 2.93 bits per heavy atom. The molecule has 1 aromatic rings. The van der Waals surface area contributed by atoms with E-state index in [1.807, 2.05) is 6.92 Å². The van der Waals surface area contributed by atoms with Crippen LogP contribution in [0.4, 0.5) is 0 Å². The van der Waals surface area contributed by atoms with Crippen LogP contribution in [0.25, 0.3) is 0 Å². The highest BCUT2D eigenvalue weighted by molar-refractivity contribution is 7.05. The van der Waals surface area contributed by atoms with Crippen LogP contribution in [-0.2, 0) is 0 Å². The largest absolute Gasteiger partial charge is 0.308 e. The lowest BCUT2D eigenvalue weighted by molar-refractivity contribution is 0.547. The summed E-state index contributed by atoms with van der Waals surface area (Å²) in [5, 5.41) is 7.39. The van der Waals surface area contributed by atoms with Crippen molar-refractivity contribution in [3.63, 3.8) is 0 Å². The monoisotopic (exact) mass is 209 g/mol. The van der Waals surface area contributed by atoms with Crippen LogP contribution in [0.3, 0.4) is 0 Å². The fraction of sp³-hybridized carbons (Fsp3) is 0.600. The predicted octanol–water partition coefficient (Wildman–Crippen LogP) is 1.91. The van der Waals surface area contributed by atoms with Gasteiger partial charge in [0.15, 0.2) is 0 Å². The van der Waals surface area contributed by atoms with Gasteiger partial charge in [0, 0.05) is 6.42 Å². The fourth-order valence-corrected chi connectivity index (χ4v) is 1.97. The summed E-state index contributed by atoms with van der Waals surface area (Å²) in [7, 11) is 0. The molecule has 0 saturated carbocycles. The molecule has 1 unspecified atom stereocenters. The van der Waals surface area contributed by atoms with Crippen molar-refractivity contribution in [2.24, 2.45) is 0 Å². The molecule has 0 aliphatic carbocycles. The lowest BCUT2D eigenvalue weighted by Gasteiger charge is -2.13. The molecule has 0 spiro atoms. The van der Waals surface area contributed by atoms with Crippen LogP contribution < -0.4 is 5.32 Å². The molecule has 0 saturated heterocycles. The van der Waals surface area contributed by atoms with E-state index in [1.54, 1.807) is 0 Å². The number of nitrogens with one attached hydrogen (secondary N) is 1. The maximum atomic E-state index is 5.33. The van der Waals surface area contributed by atoms with Crippen LogP contribution in [0, 0.1) is 19.3 Å². The van der Waals surface area contributed by atoms with Gasteiger partial charge in [-0.05, 0) is 31.4 Å². The summed E-state index contributed by atoms with van der Waals surface area (Å²) in [6.45, 7) is 5.08. The first kappa shape index (κ1) is 11.2. The molecule has 14 heavy (non-hydrogen) atoms. The second-order valence-corrected chi connectivity index (χ2v) is 3.92. The SMILES string of the molecule is C#CCC(NCCC)c1snnc1C. The second-order valence-electron chi connectivity index (χ2n) is 3.14. The Labute approximate surface area is 89.1 Å². The minimum absolute atomic E-state index is 0.222. The van der Waals surface area contributed by atoms with Crippen LogP contribution >= 0.6 is 11.5 Å². The van der Waals surface area contributed by atoms with E-state index in [4.69, 9.17) is 6.42 Å². The third-order valence-electron chi connectivity index (χ3n) is 1.97. The van der Waals surface area contributed by atoms with Crippen molar-refractivity contribution in [2.45, 2.75) is 32.7 Å². The Balaban J connectivity index is 2.68. The highest BCUT2D eigenvalue weighted by atomic mass is 32.1. The summed E-state index contributed by atoms with van der Waals surface area (Å²) >= 11 is 1.43. The average molecular weight is 209 g/mol. The summed E-state index contributed by atoms with van der Waals surface area (Å²) in [6, 6.07) is 0.222. The van der Waals surface area contributed by atoms with E-state index in [9.17, 15) is 0 Å². The third kappa shape index (κ3) is 2.79. The van der Waals surface area contributed by atoms with Gasteiger partial charge in [0.25, 0.3) is 0 Å². The van der Waals surface area contributed by atoms with Gasteiger partial charge in [-0.25, -0.2) is 0 Å². The van der Waals surface area contributed by atoms with Gasteiger partial charge in [-0.1, -0.05) is 11.4 Å². The molecule has 0 fully saturated rings. The van der Waals surface area contributed by atoms with Gasteiger partial charge in [0.05, 0.1) is 16.6 Å². The summed E-state index contributed by atoms with van der Waals surface area (Å²) < 4.78 is 3.92. The van der Waals surface area contributed by atoms with Crippen molar-refractivity contribution in [1.29, 1.82) is 0 Å². The molecule has 1 N–H and O–H groups in total. The molecular weight excluding hydrogens is 194 g/mol. The molecule has 1 rings (SSSR count). The Hall–Kier alpha value is -0.920. The molecule has 0 bridgehead atoms. The summed E-state index contributed by atoms with van der Waals surface area (Å²) in [5.41, 5.74) is 0.985. The highest BCUT2D eigenvalue weighted by Crippen LogP contribution is 2.22. The van der Waals surface area contributed by atoms with E-state index < -0.39 is 0 Å². The Morgan fingerprint density at radius 1 is 1.64 bits per heavy atom.